The Morgan fingerprint density at radius 3 is 2.25 bits per heavy atom. The maximum Gasteiger partial charge on any atom is 0.327 e. The maximum absolute atomic E-state index is 12.2. The summed E-state index contributed by atoms with van der Waals surface area (Å²) in [6.07, 6.45) is 0. The number of hydrogen-bond donors (Lipinski definition) is 2. The molecule has 6 heteroatoms. The molecule has 1 aromatic carbocycles. The molecule has 1 amide bonds. The van der Waals surface area contributed by atoms with Crippen LogP contribution in [0.5, 0.6) is 0 Å². The number of benzene rings is 1. The van der Waals surface area contributed by atoms with Crippen molar-refractivity contribution in [3.05, 3.63) is 34.9 Å². The lowest BCUT2D eigenvalue weighted by Gasteiger charge is -2.13. The maximum atomic E-state index is 12.2. The molecule has 5 nitrogen and oxygen atoms in total. The molecule has 108 valence electrons. The van der Waals surface area contributed by atoms with Crippen molar-refractivity contribution in [3.8, 4) is 0 Å². The smallest absolute Gasteiger partial charge is 0.327 e. The third-order valence-corrected chi connectivity index (χ3v) is 3.71. The minimum absolute atomic E-state index is 0.00151. The van der Waals surface area contributed by atoms with Crippen molar-refractivity contribution in [1.29, 1.82) is 0 Å². The Balaban J connectivity index is 2.75. The van der Waals surface area contributed by atoms with Crippen molar-refractivity contribution in [2.45, 2.75) is 26.8 Å². The number of carbonyl (C=O) groups is 3. The summed E-state index contributed by atoms with van der Waals surface area (Å²) >= 11 is 0.902. The molecule has 0 aliphatic carbocycles. The van der Waals surface area contributed by atoms with Gasteiger partial charge in [-0.25, -0.2) is 4.79 Å². The van der Waals surface area contributed by atoms with E-state index in [4.69, 9.17) is 5.11 Å². The number of rotatable bonds is 5. The van der Waals surface area contributed by atoms with Gasteiger partial charge in [0.05, 0.1) is 0 Å². The highest BCUT2D eigenvalue weighted by atomic mass is 32.2. The first kappa shape index (κ1) is 16.2. The first-order chi connectivity index (χ1) is 9.32. The fourth-order valence-electron chi connectivity index (χ4n) is 1.79. The van der Waals surface area contributed by atoms with E-state index < -0.39 is 17.9 Å². The van der Waals surface area contributed by atoms with E-state index in [1.54, 1.807) is 0 Å². The van der Waals surface area contributed by atoms with Gasteiger partial charge in [-0.3, -0.25) is 9.59 Å². The van der Waals surface area contributed by atoms with Crippen LogP contribution in [0, 0.1) is 13.8 Å². The zero-order valence-electron chi connectivity index (χ0n) is 11.6. The van der Waals surface area contributed by atoms with Crippen molar-refractivity contribution in [2.24, 2.45) is 0 Å². The molecular weight excluding hydrogens is 278 g/mol. The molecule has 20 heavy (non-hydrogen) atoms. The van der Waals surface area contributed by atoms with Gasteiger partial charge in [0.1, 0.15) is 6.04 Å². The number of carboxylic acid groups (broad SMARTS) is 1. The van der Waals surface area contributed by atoms with Crippen LogP contribution in [0.4, 0.5) is 0 Å². The van der Waals surface area contributed by atoms with Gasteiger partial charge in [-0.05, 0) is 25.0 Å². The molecule has 0 aliphatic rings. The van der Waals surface area contributed by atoms with Crippen LogP contribution in [-0.4, -0.2) is 33.9 Å². The highest BCUT2D eigenvalue weighted by molar-refractivity contribution is 8.14. The molecule has 2 N–H and O–H groups in total. The molecule has 0 aromatic heterocycles. The van der Waals surface area contributed by atoms with Crippen molar-refractivity contribution < 1.29 is 19.5 Å². The van der Waals surface area contributed by atoms with E-state index in [0.29, 0.717) is 5.56 Å². The van der Waals surface area contributed by atoms with Crippen LogP contribution in [0.2, 0.25) is 0 Å². The molecule has 0 aliphatic heterocycles. The number of thioether (sulfide) groups is 1. The van der Waals surface area contributed by atoms with Gasteiger partial charge in [-0.15, -0.1) is 0 Å². The summed E-state index contributed by atoms with van der Waals surface area (Å²) in [4.78, 5) is 34.0. The van der Waals surface area contributed by atoms with E-state index in [2.05, 4.69) is 5.32 Å². The SMILES string of the molecule is CC(=O)N[C@@H](CSC(=O)c1c(C)cccc1C)C(=O)O. The Morgan fingerprint density at radius 2 is 1.80 bits per heavy atom. The van der Waals surface area contributed by atoms with Crippen LogP contribution in [0.1, 0.15) is 28.4 Å². The number of hydrogen-bond acceptors (Lipinski definition) is 4. The molecule has 1 aromatic rings. The van der Waals surface area contributed by atoms with Gasteiger partial charge in [0.25, 0.3) is 0 Å². The van der Waals surface area contributed by atoms with Crippen LogP contribution in [0.25, 0.3) is 0 Å². The Labute approximate surface area is 121 Å². The van der Waals surface area contributed by atoms with Gasteiger partial charge >= 0.3 is 5.97 Å². The molecule has 1 rings (SSSR count). The molecule has 1 atom stereocenters. The Morgan fingerprint density at radius 1 is 1.25 bits per heavy atom. The third kappa shape index (κ3) is 4.38. The second-order valence-corrected chi connectivity index (χ2v) is 5.45. The molecule has 0 saturated heterocycles. The van der Waals surface area contributed by atoms with Crippen LogP contribution < -0.4 is 5.32 Å². The van der Waals surface area contributed by atoms with Crippen LogP contribution in [0.3, 0.4) is 0 Å². The van der Waals surface area contributed by atoms with Crippen LogP contribution in [0.15, 0.2) is 18.2 Å². The van der Waals surface area contributed by atoms with E-state index in [9.17, 15) is 14.4 Å². The number of carbonyl (C=O) groups excluding carboxylic acids is 2. The Bertz CT molecular complexity index is 522. The minimum Gasteiger partial charge on any atom is -0.480 e. The first-order valence-electron chi connectivity index (χ1n) is 6.06. The van der Waals surface area contributed by atoms with E-state index >= 15 is 0 Å². The molecule has 0 spiro atoms. The average Bonchev–Trinajstić information content (AvgIpc) is 2.33. The summed E-state index contributed by atoms with van der Waals surface area (Å²) < 4.78 is 0. The zero-order chi connectivity index (χ0) is 15.3. The van der Waals surface area contributed by atoms with Crippen LogP contribution >= 0.6 is 11.8 Å². The zero-order valence-corrected chi connectivity index (χ0v) is 12.4. The standard InChI is InChI=1S/C14H17NO4S/c1-8-5-4-6-9(2)12(8)14(19)20-7-11(13(17)18)15-10(3)16/h4-6,11H,7H2,1-3H3,(H,15,16)(H,17,18)/t11-/m0/s1. The Kier molecular flexibility index (Phi) is 5.76. The number of nitrogens with one attached hydrogen (secondary N) is 1. The number of carboxylic acids is 1. The van der Waals surface area contributed by atoms with Gasteiger partial charge in [0.2, 0.25) is 11.0 Å². The van der Waals surface area contributed by atoms with Gasteiger partial charge in [0.15, 0.2) is 0 Å². The van der Waals surface area contributed by atoms with Gasteiger partial charge in [-0.2, -0.15) is 0 Å². The van der Waals surface area contributed by atoms with Crippen molar-refractivity contribution in [2.75, 3.05) is 5.75 Å². The quantitative estimate of drug-likeness (QED) is 0.865. The van der Waals surface area contributed by atoms with Crippen molar-refractivity contribution >= 4 is 28.8 Å². The summed E-state index contributed by atoms with van der Waals surface area (Å²) in [5.74, 6) is -1.58. The molecule has 0 bridgehead atoms. The molecule has 0 unspecified atom stereocenters. The molecular formula is C14H17NO4S. The lowest BCUT2D eigenvalue weighted by Crippen LogP contribution is -2.41. The van der Waals surface area contributed by atoms with Gasteiger partial charge in [-0.1, -0.05) is 30.0 Å². The highest BCUT2D eigenvalue weighted by Gasteiger charge is 2.21. The fraction of sp³-hybridized carbons (Fsp3) is 0.357. The second-order valence-electron chi connectivity index (χ2n) is 4.46. The summed E-state index contributed by atoms with van der Waals surface area (Å²) in [6.45, 7) is 4.92. The first-order valence-corrected chi connectivity index (χ1v) is 7.04. The third-order valence-electron chi connectivity index (χ3n) is 2.74. The number of aryl methyl sites for hydroxylation is 2. The summed E-state index contributed by atoms with van der Waals surface area (Å²) in [6, 6.07) is 4.47. The molecule has 0 fully saturated rings. The predicted octanol–water partition coefficient (Wildman–Crippen LogP) is 1.77. The molecule has 0 saturated carbocycles. The average molecular weight is 295 g/mol. The summed E-state index contributed by atoms with van der Waals surface area (Å²) in [5.41, 5.74) is 2.31. The van der Waals surface area contributed by atoms with E-state index in [-0.39, 0.29) is 10.9 Å². The lowest BCUT2D eigenvalue weighted by molar-refractivity contribution is -0.140. The van der Waals surface area contributed by atoms with Gasteiger partial charge in [0, 0.05) is 18.2 Å². The summed E-state index contributed by atoms with van der Waals surface area (Å²) in [5, 5.41) is 11.1. The Hall–Kier alpha value is -1.82. The highest BCUT2D eigenvalue weighted by Crippen LogP contribution is 2.20. The molecule has 0 radical (unpaired) electrons. The van der Waals surface area contributed by atoms with Crippen LogP contribution in [-0.2, 0) is 9.59 Å². The summed E-state index contributed by atoms with van der Waals surface area (Å²) in [7, 11) is 0. The topological polar surface area (TPSA) is 83.5 Å². The number of amides is 1. The van der Waals surface area contributed by atoms with Crippen molar-refractivity contribution in [1.82, 2.24) is 5.32 Å². The van der Waals surface area contributed by atoms with Crippen molar-refractivity contribution in [3.63, 3.8) is 0 Å². The minimum atomic E-state index is -1.15. The van der Waals surface area contributed by atoms with E-state index in [1.165, 1.54) is 6.92 Å². The second kappa shape index (κ2) is 7.09. The normalized spacial score (nSPS) is 11.8. The monoisotopic (exact) mass is 295 g/mol. The largest absolute Gasteiger partial charge is 0.480 e. The lowest BCUT2D eigenvalue weighted by atomic mass is 10.0. The predicted molar refractivity (Wildman–Crippen MR) is 77.9 cm³/mol. The molecule has 0 heterocycles. The number of aliphatic carboxylic acids is 1. The van der Waals surface area contributed by atoms with Gasteiger partial charge < -0.3 is 10.4 Å². The van der Waals surface area contributed by atoms with E-state index in [1.807, 2.05) is 32.0 Å². The van der Waals surface area contributed by atoms with E-state index in [0.717, 1.165) is 22.9 Å². The fourth-order valence-corrected chi connectivity index (χ4v) is 2.80.